The fourth-order valence-electron chi connectivity index (χ4n) is 1.33. The van der Waals surface area contributed by atoms with Gasteiger partial charge in [-0.05, 0) is 24.3 Å². The van der Waals surface area contributed by atoms with Gasteiger partial charge in [-0.3, -0.25) is 0 Å². The molecule has 0 saturated heterocycles. The molecule has 0 aliphatic heterocycles. The standard InChI is InChI=1S/C10H11ClN6/c1-17(7-4-2-6(11)3-5-7)10-15-8(12)14-9(13)16-10/h2-5H,1H3,(H4,12,13,14,15,16). The Hall–Kier alpha value is -2.08. The van der Waals surface area contributed by atoms with E-state index >= 15 is 0 Å². The Morgan fingerprint density at radius 2 is 1.53 bits per heavy atom. The van der Waals surface area contributed by atoms with Crippen LogP contribution in [-0.2, 0) is 0 Å². The van der Waals surface area contributed by atoms with Gasteiger partial charge in [-0.1, -0.05) is 11.6 Å². The number of benzene rings is 1. The second kappa shape index (κ2) is 4.42. The van der Waals surface area contributed by atoms with Crippen molar-refractivity contribution in [2.75, 3.05) is 23.4 Å². The van der Waals surface area contributed by atoms with Crippen LogP contribution in [0.1, 0.15) is 0 Å². The SMILES string of the molecule is CN(c1ccc(Cl)cc1)c1nc(N)nc(N)n1. The molecule has 0 saturated carbocycles. The van der Waals surface area contributed by atoms with Crippen LogP contribution in [-0.4, -0.2) is 22.0 Å². The highest BCUT2D eigenvalue weighted by Crippen LogP contribution is 2.22. The molecule has 1 heterocycles. The van der Waals surface area contributed by atoms with E-state index < -0.39 is 0 Å². The second-order valence-corrected chi connectivity index (χ2v) is 3.82. The van der Waals surface area contributed by atoms with Crippen molar-refractivity contribution >= 4 is 35.1 Å². The maximum absolute atomic E-state index is 5.81. The molecule has 0 amide bonds. The predicted octanol–water partition coefficient (Wildman–Crippen LogP) is 1.46. The number of aromatic nitrogens is 3. The number of halogens is 1. The summed E-state index contributed by atoms with van der Waals surface area (Å²) in [6.07, 6.45) is 0. The smallest absolute Gasteiger partial charge is 0.236 e. The summed E-state index contributed by atoms with van der Waals surface area (Å²) in [6.45, 7) is 0. The topological polar surface area (TPSA) is 94.0 Å². The van der Waals surface area contributed by atoms with Crippen molar-refractivity contribution in [3.8, 4) is 0 Å². The highest BCUT2D eigenvalue weighted by Gasteiger charge is 2.09. The van der Waals surface area contributed by atoms with E-state index in [4.69, 9.17) is 23.1 Å². The number of nitrogens with zero attached hydrogens (tertiary/aromatic N) is 4. The van der Waals surface area contributed by atoms with Crippen LogP contribution in [0.4, 0.5) is 23.5 Å². The summed E-state index contributed by atoms with van der Waals surface area (Å²) in [5.74, 6) is 0.568. The molecule has 0 spiro atoms. The van der Waals surface area contributed by atoms with Crippen LogP contribution in [0.3, 0.4) is 0 Å². The van der Waals surface area contributed by atoms with E-state index in [2.05, 4.69) is 15.0 Å². The Morgan fingerprint density at radius 3 is 2.06 bits per heavy atom. The van der Waals surface area contributed by atoms with Gasteiger partial charge in [0.05, 0.1) is 0 Å². The molecule has 2 aromatic rings. The largest absolute Gasteiger partial charge is 0.368 e. The van der Waals surface area contributed by atoms with Crippen LogP contribution >= 0.6 is 11.6 Å². The first kappa shape index (κ1) is 11.4. The summed E-state index contributed by atoms with van der Waals surface area (Å²) in [4.78, 5) is 13.5. The van der Waals surface area contributed by atoms with Crippen molar-refractivity contribution < 1.29 is 0 Å². The van der Waals surface area contributed by atoms with Gasteiger partial charge in [0.25, 0.3) is 0 Å². The summed E-state index contributed by atoms with van der Waals surface area (Å²) >= 11 is 5.81. The average Bonchev–Trinajstić information content (AvgIpc) is 2.28. The average molecular weight is 251 g/mol. The molecular weight excluding hydrogens is 240 g/mol. The number of anilines is 4. The van der Waals surface area contributed by atoms with E-state index in [1.807, 2.05) is 12.1 Å². The Bertz CT molecular complexity index is 507. The lowest BCUT2D eigenvalue weighted by atomic mass is 10.3. The summed E-state index contributed by atoms with van der Waals surface area (Å²) < 4.78 is 0. The molecule has 1 aromatic heterocycles. The number of hydrogen-bond donors (Lipinski definition) is 2. The molecule has 88 valence electrons. The second-order valence-electron chi connectivity index (χ2n) is 3.39. The van der Waals surface area contributed by atoms with Crippen LogP contribution in [0.15, 0.2) is 24.3 Å². The molecule has 0 fully saturated rings. The predicted molar refractivity (Wildman–Crippen MR) is 68.2 cm³/mol. The fourth-order valence-corrected chi connectivity index (χ4v) is 1.45. The number of nitrogen functional groups attached to an aromatic ring is 2. The summed E-state index contributed by atoms with van der Waals surface area (Å²) in [5, 5.41) is 0.664. The lowest BCUT2D eigenvalue weighted by Gasteiger charge is -2.17. The first-order chi connectivity index (χ1) is 8.06. The molecule has 0 aliphatic carbocycles. The molecule has 4 N–H and O–H groups in total. The van der Waals surface area contributed by atoms with Crippen molar-refractivity contribution in [3.63, 3.8) is 0 Å². The summed E-state index contributed by atoms with van der Waals surface area (Å²) in [5.41, 5.74) is 11.9. The zero-order chi connectivity index (χ0) is 12.4. The normalized spacial score (nSPS) is 10.2. The highest BCUT2D eigenvalue weighted by molar-refractivity contribution is 6.30. The van der Waals surface area contributed by atoms with Crippen LogP contribution < -0.4 is 16.4 Å². The Labute approximate surface area is 103 Å². The molecular formula is C10H11ClN6. The van der Waals surface area contributed by atoms with Crippen LogP contribution in [0.25, 0.3) is 0 Å². The molecule has 7 heteroatoms. The molecule has 0 aliphatic rings. The van der Waals surface area contributed by atoms with Crippen molar-refractivity contribution in [1.29, 1.82) is 0 Å². The quantitative estimate of drug-likeness (QED) is 0.838. The van der Waals surface area contributed by atoms with Gasteiger partial charge in [-0.15, -0.1) is 0 Å². The molecule has 1 aromatic carbocycles. The van der Waals surface area contributed by atoms with E-state index in [-0.39, 0.29) is 11.9 Å². The van der Waals surface area contributed by atoms with Crippen molar-refractivity contribution in [3.05, 3.63) is 29.3 Å². The molecule has 0 bridgehead atoms. The molecule has 0 unspecified atom stereocenters. The summed E-state index contributed by atoms with van der Waals surface area (Å²) in [6, 6.07) is 7.25. The van der Waals surface area contributed by atoms with Gasteiger partial charge in [0.2, 0.25) is 17.8 Å². The minimum Gasteiger partial charge on any atom is -0.368 e. The molecule has 0 atom stereocenters. The Balaban J connectivity index is 2.36. The summed E-state index contributed by atoms with van der Waals surface area (Å²) in [7, 11) is 1.80. The first-order valence-electron chi connectivity index (χ1n) is 4.82. The van der Waals surface area contributed by atoms with Gasteiger partial charge >= 0.3 is 0 Å². The van der Waals surface area contributed by atoms with Crippen LogP contribution in [0.2, 0.25) is 5.02 Å². The van der Waals surface area contributed by atoms with Crippen LogP contribution in [0, 0.1) is 0 Å². The van der Waals surface area contributed by atoms with Crippen molar-refractivity contribution in [2.45, 2.75) is 0 Å². The molecule has 17 heavy (non-hydrogen) atoms. The van der Waals surface area contributed by atoms with E-state index in [9.17, 15) is 0 Å². The van der Waals surface area contributed by atoms with Gasteiger partial charge in [-0.2, -0.15) is 15.0 Å². The lowest BCUT2D eigenvalue weighted by molar-refractivity contribution is 1.01. The van der Waals surface area contributed by atoms with E-state index in [1.165, 1.54) is 0 Å². The monoisotopic (exact) mass is 250 g/mol. The van der Waals surface area contributed by atoms with E-state index in [0.29, 0.717) is 11.0 Å². The minimum absolute atomic E-state index is 0.0910. The maximum Gasteiger partial charge on any atom is 0.236 e. The van der Waals surface area contributed by atoms with E-state index in [1.54, 1.807) is 24.1 Å². The van der Waals surface area contributed by atoms with Crippen molar-refractivity contribution in [1.82, 2.24) is 15.0 Å². The molecule has 0 radical (unpaired) electrons. The van der Waals surface area contributed by atoms with E-state index in [0.717, 1.165) is 5.69 Å². The molecule has 6 nitrogen and oxygen atoms in total. The fraction of sp³-hybridized carbons (Fsp3) is 0.100. The maximum atomic E-state index is 5.81. The lowest BCUT2D eigenvalue weighted by Crippen LogP contribution is -2.15. The Kier molecular flexibility index (Phi) is 2.97. The van der Waals surface area contributed by atoms with Crippen molar-refractivity contribution in [2.24, 2.45) is 0 Å². The third-order valence-corrected chi connectivity index (χ3v) is 2.42. The zero-order valence-corrected chi connectivity index (χ0v) is 9.89. The zero-order valence-electron chi connectivity index (χ0n) is 9.13. The number of rotatable bonds is 2. The first-order valence-corrected chi connectivity index (χ1v) is 5.20. The number of hydrogen-bond acceptors (Lipinski definition) is 6. The third kappa shape index (κ3) is 2.54. The van der Waals surface area contributed by atoms with Crippen LogP contribution in [0.5, 0.6) is 0 Å². The minimum atomic E-state index is 0.0910. The number of nitrogens with two attached hydrogens (primary N) is 2. The highest BCUT2D eigenvalue weighted by atomic mass is 35.5. The third-order valence-electron chi connectivity index (χ3n) is 2.17. The van der Waals surface area contributed by atoms with Gasteiger partial charge in [0.1, 0.15) is 0 Å². The molecule has 2 rings (SSSR count). The van der Waals surface area contributed by atoms with Gasteiger partial charge in [-0.25, -0.2) is 0 Å². The van der Waals surface area contributed by atoms with Gasteiger partial charge in [0.15, 0.2) is 0 Å². The van der Waals surface area contributed by atoms with Gasteiger partial charge < -0.3 is 16.4 Å². The van der Waals surface area contributed by atoms with Gasteiger partial charge in [0, 0.05) is 17.8 Å². The Morgan fingerprint density at radius 1 is 1.00 bits per heavy atom.